The third kappa shape index (κ3) is 4.70. The van der Waals surface area contributed by atoms with Crippen LogP contribution in [0.25, 0.3) is 5.76 Å². The number of likely N-dealkylation sites (N-methyl/N-ethyl adjacent to an activating group) is 1. The number of ether oxygens (including phenoxy) is 1. The van der Waals surface area contributed by atoms with Crippen LogP contribution in [0.15, 0.2) is 54.1 Å². The van der Waals surface area contributed by atoms with E-state index in [0.29, 0.717) is 24.4 Å². The van der Waals surface area contributed by atoms with Crippen molar-refractivity contribution in [1.82, 2.24) is 9.80 Å². The Hall–Kier alpha value is -3.12. The van der Waals surface area contributed by atoms with Crippen molar-refractivity contribution in [3.05, 3.63) is 70.8 Å². The van der Waals surface area contributed by atoms with E-state index in [0.717, 1.165) is 11.1 Å². The molecule has 32 heavy (non-hydrogen) atoms. The number of Topliss-reactive ketones (excluding diaryl/α,β-unsaturated/α-hetero) is 1. The highest BCUT2D eigenvalue weighted by molar-refractivity contribution is 6.46. The van der Waals surface area contributed by atoms with Crippen LogP contribution in [-0.2, 0) is 15.0 Å². The van der Waals surface area contributed by atoms with Gasteiger partial charge in [-0.25, -0.2) is 0 Å². The standard InChI is InChI=1S/C26H32N2O4/c1-26(2,3)19-11-7-17(8-12-19)22-21(23(29)18-9-13-20(32-6)14-10-18)24(30)25(31)28(22)16-15-27(4)5/h7-14,22,29H,15-16H2,1-6H3/b23-21+. The molecule has 6 heteroatoms. The second-order valence-corrected chi connectivity index (χ2v) is 9.40. The van der Waals surface area contributed by atoms with Gasteiger partial charge in [-0.3, -0.25) is 9.59 Å². The largest absolute Gasteiger partial charge is 0.507 e. The van der Waals surface area contributed by atoms with Gasteiger partial charge in [0.05, 0.1) is 18.7 Å². The number of aliphatic hydroxyl groups excluding tert-OH is 1. The number of nitrogens with zero attached hydrogens (tertiary/aromatic N) is 2. The number of carbonyl (C=O) groups is 2. The molecule has 1 heterocycles. The molecule has 1 amide bonds. The molecule has 2 aromatic carbocycles. The van der Waals surface area contributed by atoms with E-state index in [-0.39, 0.29) is 16.7 Å². The molecule has 170 valence electrons. The second kappa shape index (κ2) is 9.17. The monoisotopic (exact) mass is 436 g/mol. The summed E-state index contributed by atoms with van der Waals surface area (Å²) in [4.78, 5) is 29.5. The average molecular weight is 437 g/mol. The summed E-state index contributed by atoms with van der Waals surface area (Å²) in [5.74, 6) is -0.792. The van der Waals surface area contributed by atoms with Gasteiger partial charge >= 0.3 is 0 Å². The highest BCUT2D eigenvalue weighted by Gasteiger charge is 2.45. The maximum atomic E-state index is 13.1. The normalized spacial score (nSPS) is 18.5. The number of hydrogen-bond acceptors (Lipinski definition) is 5. The summed E-state index contributed by atoms with van der Waals surface area (Å²) in [5, 5.41) is 11.1. The van der Waals surface area contributed by atoms with E-state index in [1.807, 2.05) is 43.3 Å². The summed E-state index contributed by atoms with van der Waals surface area (Å²) in [6.45, 7) is 7.38. The fourth-order valence-electron chi connectivity index (χ4n) is 3.83. The number of amides is 1. The minimum Gasteiger partial charge on any atom is -0.507 e. The summed E-state index contributed by atoms with van der Waals surface area (Å²) in [6.07, 6.45) is 0. The van der Waals surface area contributed by atoms with Crippen LogP contribution < -0.4 is 4.74 Å². The van der Waals surface area contributed by atoms with Crippen molar-refractivity contribution in [2.24, 2.45) is 0 Å². The molecule has 1 unspecified atom stereocenters. The van der Waals surface area contributed by atoms with Crippen molar-refractivity contribution in [1.29, 1.82) is 0 Å². The van der Waals surface area contributed by atoms with Crippen molar-refractivity contribution in [3.63, 3.8) is 0 Å². The summed E-state index contributed by atoms with van der Waals surface area (Å²) in [7, 11) is 5.40. The molecule has 0 saturated carbocycles. The highest BCUT2D eigenvalue weighted by Crippen LogP contribution is 2.40. The van der Waals surface area contributed by atoms with Gasteiger partial charge in [-0.15, -0.1) is 0 Å². The van der Waals surface area contributed by atoms with Crippen LogP contribution in [0.4, 0.5) is 0 Å². The molecule has 2 aromatic rings. The lowest BCUT2D eigenvalue weighted by Crippen LogP contribution is -2.35. The minimum absolute atomic E-state index is 0.0195. The zero-order valence-corrected chi connectivity index (χ0v) is 19.7. The van der Waals surface area contributed by atoms with Gasteiger partial charge in [0.2, 0.25) is 0 Å². The smallest absolute Gasteiger partial charge is 0.295 e. The predicted molar refractivity (Wildman–Crippen MR) is 126 cm³/mol. The number of hydrogen-bond donors (Lipinski definition) is 1. The molecule has 1 saturated heterocycles. The van der Waals surface area contributed by atoms with E-state index < -0.39 is 17.7 Å². The zero-order valence-electron chi connectivity index (χ0n) is 19.7. The van der Waals surface area contributed by atoms with Crippen LogP contribution in [0.1, 0.15) is 43.5 Å². The average Bonchev–Trinajstić information content (AvgIpc) is 3.01. The second-order valence-electron chi connectivity index (χ2n) is 9.40. The number of carbonyl (C=O) groups excluding carboxylic acids is 2. The SMILES string of the molecule is COc1ccc(/C(O)=C2\C(=O)C(=O)N(CCN(C)C)C2c2ccc(C(C)(C)C)cc2)cc1. The molecule has 0 aliphatic carbocycles. The molecule has 0 radical (unpaired) electrons. The maximum absolute atomic E-state index is 13.1. The summed E-state index contributed by atoms with van der Waals surface area (Å²) >= 11 is 0. The molecule has 0 bridgehead atoms. The molecule has 1 atom stereocenters. The van der Waals surface area contributed by atoms with Gasteiger partial charge in [-0.05, 0) is 54.9 Å². The highest BCUT2D eigenvalue weighted by atomic mass is 16.5. The van der Waals surface area contributed by atoms with Crippen molar-refractivity contribution in [3.8, 4) is 5.75 Å². The Bertz CT molecular complexity index is 1020. The first kappa shape index (κ1) is 23.5. The topological polar surface area (TPSA) is 70.1 Å². The lowest BCUT2D eigenvalue weighted by Gasteiger charge is -2.27. The first-order valence-electron chi connectivity index (χ1n) is 10.7. The molecule has 1 fully saturated rings. The van der Waals surface area contributed by atoms with Crippen molar-refractivity contribution >= 4 is 17.4 Å². The molecule has 1 aliphatic heterocycles. The lowest BCUT2D eigenvalue weighted by molar-refractivity contribution is -0.140. The zero-order chi connectivity index (χ0) is 23.6. The van der Waals surface area contributed by atoms with Gasteiger partial charge in [0.1, 0.15) is 11.5 Å². The van der Waals surface area contributed by atoms with Gasteiger partial charge in [-0.1, -0.05) is 45.0 Å². The molecule has 0 aromatic heterocycles. The van der Waals surface area contributed by atoms with Gasteiger partial charge in [-0.2, -0.15) is 0 Å². The molecule has 1 N–H and O–H groups in total. The molecular weight excluding hydrogens is 404 g/mol. The number of benzene rings is 2. The van der Waals surface area contributed by atoms with E-state index in [1.165, 1.54) is 0 Å². The Balaban J connectivity index is 2.12. The van der Waals surface area contributed by atoms with E-state index in [2.05, 4.69) is 20.8 Å². The Kier molecular flexibility index (Phi) is 6.74. The Morgan fingerprint density at radius 1 is 1.03 bits per heavy atom. The van der Waals surface area contributed by atoms with Crippen LogP contribution >= 0.6 is 0 Å². The summed E-state index contributed by atoms with van der Waals surface area (Å²) < 4.78 is 5.18. The van der Waals surface area contributed by atoms with Crippen molar-refractivity contribution < 1.29 is 19.4 Å². The molecule has 0 spiro atoms. The molecular formula is C26H32N2O4. The first-order valence-corrected chi connectivity index (χ1v) is 10.7. The number of rotatable bonds is 6. The number of likely N-dealkylation sites (tertiary alicyclic amines) is 1. The third-order valence-electron chi connectivity index (χ3n) is 5.78. The van der Waals surface area contributed by atoms with E-state index in [9.17, 15) is 14.7 Å². The first-order chi connectivity index (χ1) is 15.0. The van der Waals surface area contributed by atoms with E-state index in [4.69, 9.17) is 4.74 Å². The molecule has 6 nitrogen and oxygen atoms in total. The van der Waals surface area contributed by atoms with Gasteiger partial charge in [0.15, 0.2) is 0 Å². The van der Waals surface area contributed by atoms with Crippen LogP contribution in [0.2, 0.25) is 0 Å². The Labute approximate surface area is 190 Å². The number of methoxy groups -OCH3 is 1. The predicted octanol–water partition coefficient (Wildman–Crippen LogP) is 3.98. The summed E-state index contributed by atoms with van der Waals surface area (Å²) in [5.41, 5.74) is 2.51. The van der Waals surface area contributed by atoms with Gasteiger partial charge in [0, 0.05) is 18.7 Å². The number of ketones is 1. The van der Waals surface area contributed by atoms with Gasteiger partial charge < -0.3 is 19.6 Å². The van der Waals surface area contributed by atoms with E-state index in [1.54, 1.807) is 36.3 Å². The van der Waals surface area contributed by atoms with E-state index >= 15 is 0 Å². The van der Waals surface area contributed by atoms with Gasteiger partial charge in [0.25, 0.3) is 11.7 Å². The maximum Gasteiger partial charge on any atom is 0.295 e. The Morgan fingerprint density at radius 2 is 1.62 bits per heavy atom. The van der Waals surface area contributed by atoms with Crippen LogP contribution in [0, 0.1) is 0 Å². The number of aliphatic hydroxyl groups is 1. The quantitative estimate of drug-likeness (QED) is 0.421. The third-order valence-corrected chi connectivity index (χ3v) is 5.78. The van der Waals surface area contributed by atoms with Crippen LogP contribution in [0.3, 0.4) is 0 Å². The summed E-state index contributed by atoms with van der Waals surface area (Å²) in [6, 6.07) is 14.1. The van der Waals surface area contributed by atoms with Crippen LogP contribution in [0.5, 0.6) is 5.75 Å². The minimum atomic E-state index is -0.665. The van der Waals surface area contributed by atoms with Crippen molar-refractivity contribution in [2.75, 3.05) is 34.3 Å². The Morgan fingerprint density at radius 3 is 2.12 bits per heavy atom. The molecule has 3 rings (SSSR count). The van der Waals surface area contributed by atoms with Crippen molar-refractivity contribution in [2.45, 2.75) is 32.2 Å². The molecule has 1 aliphatic rings. The lowest BCUT2D eigenvalue weighted by atomic mass is 9.85. The fraction of sp³-hybridized carbons (Fsp3) is 0.385. The fourth-order valence-corrected chi connectivity index (χ4v) is 3.83. The van der Waals surface area contributed by atoms with Crippen LogP contribution in [-0.4, -0.2) is 60.9 Å².